The predicted molar refractivity (Wildman–Crippen MR) is 101 cm³/mol. The van der Waals surface area contributed by atoms with Gasteiger partial charge in [-0.25, -0.2) is 0 Å². The first-order valence-electron chi connectivity index (χ1n) is 9.31. The summed E-state index contributed by atoms with van der Waals surface area (Å²) in [5.41, 5.74) is 2.12. The van der Waals surface area contributed by atoms with Crippen LogP contribution in [0.4, 0.5) is 0 Å². The number of carbonyl (C=O) groups excluding carboxylic acids is 2. The number of ether oxygens (including phenoxy) is 1. The molecule has 1 aliphatic rings. The van der Waals surface area contributed by atoms with E-state index in [1.165, 1.54) is 0 Å². The van der Waals surface area contributed by atoms with Crippen LogP contribution in [-0.4, -0.2) is 36.4 Å². The van der Waals surface area contributed by atoms with Gasteiger partial charge in [-0.3, -0.25) is 9.59 Å². The van der Waals surface area contributed by atoms with Crippen molar-refractivity contribution in [3.05, 3.63) is 53.5 Å². The van der Waals surface area contributed by atoms with Gasteiger partial charge in [0.15, 0.2) is 6.61 Å². The molecule has 0 spiro atoms. The number of piperidine rings is 1. The molecule has 1 N–H and O–H groups in total. The first kappa shape index (κ1) is 19.0. The fraction of sp³-hybridized carbons (Fsp3) is 0.429. The number of rotatable bonds is 6. The summed E-state index contributed by atoms with van der Waals surface area (Å²) in [6.07, 6.45) is 2.92. The number of benzene rings is 1. The third kappa shape index (κ3) is 5.12. The molecule has 1 aliphatic heterocycles. The van der Waals surface area contributed by atoms with Gasteiger partial charge in [0.25, 0.3) is 5.91 Å². The van der Waals surface area contributed by atoms with E-state index in [0.717, 1.165) is 22.6 Å². The van der Waals surface area contributed by atoms with E-state index in [0.29, 0.717) is 32.5 Å². The Hall–Kier alpha value is -2.76. The first-order valence-corrected chi connectivity index (χ1v) is 9.31. The Labute approximate surface area is 159 Å². The second kappa shape index (κ2) is 8.75. The number of furan rings is 1. The zero-order valence-electron chi connectivity index (χ0n) is 15.9. The van der Waals surface area contributed by atoms with Crippen molar-refractivity contribution in [2.75, 3.05) is 19.7 Å². The van der Waals surface area contributed by atoms with Crippen molar-refractivity contribution in [1.29, 1.82) is 0 Å². The molecule has 0 radical (unpaired) electrons. The Morgan fingerprint density at radius 1 is 1.22 bits per heavy atom. The van der Waals surface area contributed by atoms with Gasteiger partial charge in [-0.05, 0) is 56.0 Å². The number of aryl methyl sites for hydroxylation is 2. The number of nitrogens with one attached hydrogen (secondary N) is 1. The van der Waals surface area contributed by atoms with Gasteiger partial charge in [-0.1, -0.05) is 12.1 Å². The van der Waals surface area contributed by atoms with Crippen LogP contribution in [0.5, 0.6) is 5.75 Å². The molecule has 6 heteroatoms. The summed E-state index contributed by atoms with van der Waals surface area (Å²) in [7, 11) is 0. The quantitative estimate of drug-likeness (QED) is 0.849. The maximum absolute atomic E-state index is 12.4. The van der Waals surface area contributed by atoms with Crippen molar-refractivity contribution in [1.82, 2.24) is 10.2 Å². The number of hydrogen-bond acceptors (Lipinski definition) is 4. The summed E-state index contributed by atoms with van der Waals surface area (Å²) in [5, 5.41) is 2.90. The summed E-state index contributed by atoms with van der Waals surface area (Å²) in [5.74, 6) is 1.40. The van der Waals surface area contributed by atoms with Crippen LogP contribution < -0.4 is 10.1 Å². The molecule has 0 unspecified atom stereocenters. The van der Waals surface area contributed by atoms with Gasteiger partial charge >= 0.3 is 0 Å². The molecular weight excluding hydrogens is 344 g/mol. The fourth-order valence-corrected chi connectivity index (χ4v) is 3.22. The zero-order chi connectivity index (χ0) is 19.2. The standard InChI is InChI=1S/C21H26N2O4/c1-15-5-6-16(2)19(12-15)27-14-20(24)23-9-7-17(8-10-23)21(25)22-13-18-4-3-11-26-18/h3-6,11-12,17H,7-10,13-14H2,1-2H3,(H,22,25). The number of carbonyl (C=O) groups is 2. The third-order valence-corrected chi connectivity index (χ3v) is 4.93. The Bertz CT molecular complexity index is 777. The largest absolute Gasteiger partial charge is 0.483 e. The van der Waals surface area contributed by atoms with Crippen LogP contribution in [0.3, 0.4) is 0 Å². The van der Waals surface area contributed by atoms with Gasteiger partial charge in [-0.2, -0.15) is 0 Å². The zero-order valence-corrected chi connectivity index (χ0v) is 15.9. The second-order valence-corrected chi connectivity index (χ2v) is 7.01. The van der Waals surface area contributed by atoms with Crippen molar-refractivity contribution >= 4 is 11.8 Å². The smallest absolute Gasteiger partial charge is 0.260 e. The molecule has 1 aromatic heterocycles. The Morgan fingerprint density at radius 3 is 2.70 bits per heavy atom. The number of hydrogen-bond donors (Lipinski definition) is 1. The topological polar surface area (TPSA) is 71.8 Å². The van der Waals surface area contributed by atoms with Gasteiger partial charge < -0.3 is 19.4 Å². The van der Waals surface area contributed by atoms with E-state index < -0.39 is 0 Å². The summed E-state index contributed by atoms with van der Waals surface area (Å²) >= 11 is 0. The van der Waals surface area contributed by atoms with Crippen molar-refractivity contribution in [2.24, 2.45) is 5.92 Å². The highest BCUT2D eigenvalue weighted by Gasteiger charge is 2.27. The lowest BCUT2D eigenvalue weighted by Gasteiger charge is -2.31. The molecule has 2 heterocycles. The van der Waals surface area contributed by atoms with Gasteiger partial charge in [0, 0.05) is 19.0 Å². The molecule has 2 amide bonds. The van der Waals surface area contributed by atoms with Crippen LogP contribution >= 0.6 is 0 Å². The Kier molecular flexibility index (Phi) is 6.16. The molecule has 0 atom stereocenters. The van der Waals surface area contributed by atoms with Crippen LogP contribution in [0.25, 0.3) is 0 Å². The van der Waals surface area contributed by atoms with E-state index in [2.05, 4.69) is 5.32 Å². The summed E-state index contributed by atoms with van der Waals surface area (Å²) in [6, 6.07) is 9.58. The molecule has 0 saturated carbocycles. The number of nitrogens with zero attached hydrogens (tertiary/aromatic N) is 1. The molecule has 1 fully saturated rings. The van der Waals surface area contributed by atoms with Crippen molar-refractivity contribution in [3.63, 3.8) is 0 Å². The first-order chi connectivity index (χ1) is 13.0. The van der Waals surface area contributed by atoms with E-state index in [9.17, 15) is 9.59 Å². The lowest BCUT2D eigenvalue weighted by Crippen LogP contribution is -2.44. The molecule has 27 heavy (non-hydrogen) atoms. The molecule has 0 bridgehead atoms. The van der Waals surface area contributed by atoms with Gasteiger partial charge in [0.05, 0.1) is 12.8 Å². The Morgan fingerprint density at radius 2 is 2.00 bits per heavy atom. The summed E-state index contributed by atoms with van der Waals surface area (Å²) in [4.78, 5) is 26.5. The highest BCUT2D eigenvalue weighted by atomic mass is 16.5. The van der Waals surface area contributed by atoms with Crippen LogP contribution in [-0.2, 0) is 16.1 Å². The maximum Gasteiger partial charge on any atom is 0.260 e. The highest BCUT2D eigenvalue weighted by Crippen LogP contribution is 2.21. The molecule has 1 aromatic carbocycles. The van der Waals surface area contributed by atoms with E-state index in [1.54, 1.807) is 17.2 Å². The van der Waals surface area contributed by atoms with Crippen LogP contribution in [0.1, 0.15) is 29.7 Å². The number of likely N-dealkylation sites (tertiary alicyclic amines) is 1. The van der Waals surface area contributed by atoms with Crippen molar-refractivity contribution < 1.29 is 18.7 Å². The predicted octanol–water partition coefficient (Wildman–Crippen LogP) is 2.83. The lowest BCUT2D eigenvalue weighted by atomic mass is 9.96. The van der Waals surface area contributed by atoms with Crippen LogP contribution in [0.2, 0.25) is 0 Å². The minimum Gasteiger partial charge on any atom is -0.483 e. The fourth-order valence-electron chi connectivity index (χ4n) is 3.22. The SMILES string of the molecule is Cc1ccc(C)c(OCC(=O)N2CCC(C(=O)NCc3ccco3)CC2)c1. The van der Waals surface area contributed by atoms with E-state index in [4.69, 9.17) is 9.15 Å². The summed E-state index contributed by atoms with van der Waals surface area (Å²) < 4.78 is 10.9. The molecule has 1 saturated heterocycles. The molecule has 3 rings (SSSR count). The maximum atomic E-state index is 12.4. The minimum absolute atomic E-state index is 0.0186. The van der Waals surface area contributed by atoms with Crippen LogP contribution in [0.15, 0.2) is 41.0 Å². The van der Waals surface area contributed by atoms with Crippen LogP contribution in [0, 0.1) is 19.8 Å². The highest BCUT2D eigenvalue weighted by molar-refractivity contribution is 5.80. The summed E-state index contributed by atoms with van der Waals surface area (Å²) in [6.45, 7) is 5.54. The van der Waals surface area contributed by atoms with Crippen molar-refractivity contribution in [3.8, 4) is 5.75 Å². The molecule has 2 aromatic rings. The van der Waals surface area contributed by atoms with E-state index in [1.807, 2.05) is 38.1 Å². The average molecular weight is 370 g/mol. The monoisotopic (exact) mass is 370 g/mol. The van der Waals surface area contributed by atoms with E-state index >= 15 is 0 Å². The molecule has 0 aliphatic carbocycles. The van der Waals surface area contributed by atoms with E-state index in [-0.39, 0.29) is 24.3 Å². The molecule has 6 nitrogen and oxygen atoms in total. The minimum atomic E-state index is -0.0658. The second-order valence-electron chi connectivity index (χ2n) is 7.01. The normalized spacial score (nSPS) is 14.8. The third-order valence-electron chi connectivity index (χ3n) is 4.93. The van der Waals surface area contributed by atoms with Crippen molar-refractivity contribution in [2.45, 2.75) is 33.2 Å². The van der Waals surface area contributed by atoms with Gasteiger partial charge in [0.2, 0.25) is 5.91 Å². The molecule has 144 valence electrons. The number of amides is 2. The van der Waals surface area contributed by atoms with Gasteiger partial charge in [0.1, 0.15) is 11.5 Å². The lowest BCUT2D eigenvalue weighted by molar-refractivity contribution is -0.137. The molecular formula is C21H26N2O4. The Balaban J connectivity index is 1.42. The van der Waals surface area contributed by atoms with Gasteiger partial charge in [-0.15, -0.1) is 0 Å². The average Bonchev–Trinajstić information content (AvgIpc) is 3.20.